The highest BCUT2D eigenvalue weighted by atomic mass is 15.2. The third-order valence-electron chi connectivity index (χ3n) is 4.21. The van der Waals surface area contributed by atoms with Gasteiger partial charge in [0.25, 0.3) is 0 Å². The Morgan fingerprint density at radius 3 is 2.84 bits per heavy atom. The molecule has 3 heterocycles. The van der Waals surface area contributed by atoms with Crippen molar-refractivity contribution < 1.29 is 0 Å². The largest absolute Gasteiger partial charge is 0.382 e. The minimum atomic E-state index is 0.741. The van der Waals surface area contributed by atoms with Crippen LogP contribution in [0.3, 0.4) is 0 Å². The van der Waals surface area contributed by atoms with Gasteiger partial charge in [-0.1, -0.05) is 30.3 Å². The number of anilines is 3. The van der Waals surface area contributed by atoms with Gasteiger partial charge in [-0.25, -0.2) is 15.0 Å². The minimum Gasteiger partial charge on any atom is -0.382 e. The molecule has 3 aromatic rings. The Hall–Kier alpha value is -2.99. The SMILES string of the molecule is c1ccc(CN2CCNc3cnc(Nc4ccncn4)cc3C2)cc1. The molecule has 6 heteroatoms. The van der Waals surface area contributed by atoms with Crippen molar-refractivity contribution in [3.63, 3.8) is 0 Å². The number of nitrogens with zero attached hydrogens (tertiary/aromatic N) is 4. The van der Waals surface area contributed by atoms with E-state index in [1.807, 2.05) is 12.3 Å². The standard InChI is InChI=1S/C19H20N6/c1-2-4-15(5-3-1)12-25-9-8-21-17-11-22-19(10-16(17)13-25)24-18-6-7-20-14-23-18/h1-7,10-11,14,21H,8-9,12-13H2,(H,20,22,23,24). The van der Waals surface area contributed by atoms with Crippen LogP contribution in [-0.2, 0) is 13.1 Å². The fraction of sp³-hybridized carbons (Fsp3) is 0.211. The molecule has 2 aromatic heterocycles. The summed E-state index contributed by atoms with van der Waals surface area (Å²) in [6.07, 6.45) is 5.13. The van der Waals surface area contributed by atoms with Gasteiger partial charge in [0.2, 0.25) is 0 Å². The van der Waals surface area contributed by atoms with Crippen LogP contribution < -0.4 is 10.6 Å². The van der Waals surface area contributed by atoms with E-state index in [1.165, 1.54) is 17.5 Å². The van der Waals surface area contributed by atoms with Crippen LogP contribution in [0.1, 0.15) is 11.1 Å². The molecule has 0 saturated carbocycles. The molecular weight excluding hydrogens is 312 g/mol. The Morgan fingerprint density at radius 2 is 2.00 bits per heavy atom. The van der Waals surface area contributed by atoms with Crippen molar-refractivity contribution >= 4 is 17.3 Å². The second-order valence-corrected chi connectivity index (χ2v) is 6.07. The van der Waals surface area contributed by atoms with Crippen LogP contribution in [0.15, 0.2) is 61.2 Å². The highest BCUT2D eigenvalue weighted by Crippen LogP contribution is 2.24. The van der Waals surface area contributed by atoms with Crippen LogP contribution in [0.25, 0.3) is 0 Å². The van der Waals surface area contributed by atoms with E-state index in [0.717, 1.165) is 43.5 Å². The molecule has 126 valence electrons. The number of benzene rings is 1. The maximum atomic E-state index is 4.49. The minimum absolute atomic E-state index is 0.741. The molecule has 0 amide bonds. The molecule has 0 aliphatic carbocycles. The Morgan fingerprint density at radius 1 is 1.08 bits per heavy atom. The molecule has 1 aromatic carbocycles. The third-order valence-corrected chi connectivity index (χ3v) is 4.21. The van der Waals surface area contributed by atoms with E-state index in [4.69, 9.17) is 0 Å². The second-order valence-electron chi connectivity index (χ2n) is 6.07. The number of fused-ring (bicyclic) bond motifs is 1. The molecule has 0 atom stereocenters. The Labute approximate surface area is 147 Å². The summed E-state index contributed by atoms with van der Waals surface area (Å²) in [5.74, 6) is 1.53. The Bertz CT molecular complexity index is 822. The zero-order chi connectivity index (χ0) is 16.9. The van der Waals surface area contributed by atoms with Crippen LogP contribution in [0.4, 0.5) is 17.3 Å². The number of hydrogen-bond acceptors (Lipinski definition) is 6. The highest BCUT2D eigenvalue weighted by Gasteiger charge is 2.15. The summed E-state index contributed by atoms with van der Waals surface area (Å²) in [4.78, 5) is 15.1. The van der Waals surface area contributed by atoms with E-state index < -0.39 is 0 Å². The molecule has 2 N–H and O–H groups in total. The predicted octanol–water partition coefficient (Wildman–Crippen LogP) is 3.04. The fourth-order valence-corrected chi connectivity index (χ4v) is 3.00. The van der Waals surface area contributed by atoms with Gasteiger partial charge < -0.3 is 10.6 Å². The van der Waals surface area contributed by atoms with Crippen LogP contribution in [-0.4, -0.2) is 32.9 Å². The molecule has 1 aliphatic rings. The first kappa shape index (κ1) is 15.5. The average Bonchev–Trinajstić information content (AvgIpc) is 2.85. The topological polar surface area (TPSA) is 66.0 Å². The van der Waals surface area contributed by atoms with Crippen molar-refractivity contribution in [3.05, 3.63) is 72.3 Å². The maximum Gasteiger partial charge on any atom is 0.134 e. The van der Waals surface area contributed by atoms with E-state index in [9.17, 15) is 0 Å². The molecule has 0 bridgehead atoms. The molecule has 0 unspecified atom stereocenters. The lowest BCUT2D eigenvalue weighted by Gasteiger charge is -2.20. The lowest BCUT2D eigenvalue weighted by atomic mass is 10.2. The van der Waals surface area contributed by atoms with Gasteiger partial charge in [0.05, 0.1) is 11.9 Å². The van der Waals surface area contributed by atoms with E-state index >= 15 is 0 Å². The number of aromatic nitrogens is 3. The summed E-state index contributed by atoms with van der Waals surface area (Å²) in [5, 5.41) is 6.70. The van der Waals surface area contributed by atoms with Crippen LogP contribution in [0.5, 0.6) is 0 Å². The van der Waals surface area contributed by atoms with Gasteiger partial charge in [0.15, 0.2) is 0 Å². The molecule has 0 saturated heterocycles. The average molecular weight is 332 g/mol. The smallest absolute Gasteiger partial charge is 0.134 e. The van der Waals surface area contributed by atoms with Gasteiger partial charge >= 0.3 is 0 Å². The van der Waals surface area contributed by atoms with Gasteiger partial charge in [-0.15, -0.1) is 0 Å². The van der Waals surface area contributed by atoms with Gasteiger partial charge in [-0.2, -0.15) is 0 Å². The number of nitrogens with one attached hydrogen (secondary N) is 2. The van der Waals surface area contributed by atoms with Crippen molar-refractivity contribution in [2.45, 2.75) is 13.1 Å². The zero-order valence-electron chi connectivity index (χ0n) is 13.9. The van der Waals surface area contributed by atoms with Crippen LogP contribution in [0, 0.1) is 0 Å². The summed E-state index contributed by atoms with van der Waals surface area (Å²) in [5.41, 5.74) is 3.67. The van der Waals surface area contributed by atoms with E-state index in [1.54, 1.807) is 6.20 Å². The van der Waals surface area contributed by atoms with Crippen molar-refractivity contribution in [3.8, 4) is 0 Å². The molecule has 0 radical (unpaired) electrons. The van der Waals surface area contributed by atoms with Gasteiger partial charge in [0, 0.05) is 32.4 Å². The van der Waals surface area contributed by atoms with Crippen molar-refractivity contribution in [2.24, 2.45) is 0 Å². The Kier molecular flexibility index (Phi) is 4.52. The molecule has 25 heavy (non-hydrogen) atoms. The normalized spacial score (nSPS) is 14.2. The molecule has 0 fully saturated rings. The van der Waals surface area contributed by atoms with Gasteiger partial charge in [0.1, 0.15) is 18.0 Å². The summed E-state index contributed by atoms with van der Waals surface area (Å²) in [6.45, 7) is 3.75. The van der Waals surface area contributed by atoms with Crippen molar-refractivity contribution in [2.75, 3.05) is 23.7 Å². The van der Waals surface area contributed by atoms with E-state index in [-0.39, 0.29) is 0 Å². The second kappa shape index (κ2) is 7.27. The predicted molar refractivity (Wildman–Crippen MR) is 98.6 cm³/mol. The third kappa shape index (κ3) is 3.92. The lowest BCUT2D eigenvalue weighted by Crippen LogP contribution is -2.25. The summed E-state index contributed by atoms with van der Waals surface area (Å²) < 4.78 is 0. The molecule has 4 rings (SSSR count). The lowest BCUT2D eigenvalue weighted by molar-refractivity contribution is 0.272. The molecule has 0 spiro atoms. The first-order valence-corrected chi connectivity index (χ1v) is 8.39. The zero-order valence-corrected chi connectivity index (χ0v) is 13.9. The number of rotatable bonds is 4. The monoisotopic (exact) mass is 332 g/mol. The summed E-state index contributed by atoms with van der Waals surface area (Å²) in [6, 6.07) is 14.5. The summed E-state index contributed by atoms with van der Waals surface area (Å²) >= 11 is 0. The van der Waals surface area contributed by atoms with Crippen molar-refractivity contribution in [1.82, 2.24) is 19.9 Å². The van der Waals surface area contributed by atoms with Gasteiger partial charge in [-0.3, -0.25) is 4.90 Å². The quantitative estimate of drug-likeness (QED) is 0.765. The molecular formula is C19H20N6. The van der Waals surface area contributed by atoms with E-state index in [0.29, 0.717) is 0 Å². The van der Waals surface area contributed by atoms with E-state index in [2.05, 4.69) is 66.9 Å². The molecule has 1 aliphatic heterocycles. The Balaban J connectivity index is 1.52. The number of hydrogen-bond donors (Lipinski definition) is 2. The van der Waals surface area contributed by atoms with Gasteiger partial charge in [-0.05, 0) is 23.3 Å². The summed E-state index contributed by atoms with van der Waals surface area (Å²) in [7, 11) is 0. The van der Waals surface area contributed by atoms with Crippen molar-refractivity contribution in [1.29, 1.82) is 0 Å². The number of pyridine rings is 1. The fourth-order valence-electron chi connectivity index (χ4n) is 3.00. The first-order valence-electron chi connectivity index (χ1n) is 8.39. The molecule has 6 nitrogen and oxygen atoms in total. The maximum absolute atomic E-state index is 4.49. The highest BCUT2D eigenvalue weighted by molar-refractivity contribution is 5.59. The first-order chi connectivity index (χ1) is 12.4. The van der Waals surface area contributed by atoms with Crippen LogP contribution in [0.2, 0.25) is 0 Å². The van der Waals surface area contributed by atoms with Crippen LogP contribution >= 0.6 is 0 Å².